The van der Waals surface area contributed by atoms with Crippen LogP contribution in [0.15, 0.2) is 23.4 Å². The number of aryl methyl sites for hydroxylation is 2. The molecule has 0 saturated carbocycles. The lowest BCUT2D eigenvalue weighted by Gasteiger charge is -2.40. The number of para-hydroxylation sites is 1. The Labute approximate surface area is 159 Å². The maximum atomic E-state index is 13.1. The molecular weight excluding hydrogens is 346 g/mol. The molecule has 7 heteroatoms. The molecule has 1 aromatic heterocycles. The summed E-state index contributed by atoms with van der Waals surface area (Å²) in [4.78, 5) is 15.1. The smallest absolute Gasteiger partial charge is 0.236 e. The monoisotopic (exact) mass is 373 g/mol. The molecule has 26 heavy (non-hydrogen) atoms. The third-order valence-electron chi connectivity index (χ3n) is 5.17. The highest BCUT2D eigenvalue weighted by Crippen LogP contribution is 2.30. The normalized spacial score (nSPS) is 21.7. The standard InChI is InChI=1S/C19H27N5OS/c1-12-8-6-9-13(2)17(12)24-19(20-21-22-24)26-16(5)18(25)23-14(3)10-7-11-15(23)4/h6,8-9,14-16H,7,10-11H2,1-5H3/t14-,15-,16-/m0/s1. The van der Waals surface area contributed by atoms with Crippen molar-refractivity contribution in [2.75, 3.05) is 0 Å². The predicted octanol–water partition coefficient (Wildman–Crippen LogP) is 3.55. The van der Waals surface area contributed by atoms with Crippen molar-refractivity contribution in [3.05, 3.63) is 29.3 Å². The van der Waals surface area contributed by atoms with Crippen molar-refractivity contribution in [1.29, 1.82) is 0 Å². The van der Waals surface area contributed by atoms with Crippen LogP contribution in [0.25, 0.3) is 5.69 Å². The van der Waals surface area contributed by atoms with E-state index in [-0.39, 0.29) is 11.2 Å². The molecule has 2 heterocycles. The van der Waals surface area contributed by atoms with E-state index in [1.54, 1.807) is 4.68 Å². The molecule has 1 aliphatic heterocycles. The van der Waals surface area contributed by atoms with Gasteiger partial charge in [0.25, 0.3) is 0 Å². The van der Waals surface area contributed by atoms with Crippen LogP contribution in [0.3, 0.4) is 0 Å². The van der Waals surface area contributed by atoms with Crippen molar-refractivity contribution in [3.8, 4) is 5.69 Å². The Balaban J connectivity index is 1.82. The first-order chi connectivity index (χ1) is 12.4. The number of amides is 1. The zero-order chi connectivity index (χ0) is 18.8. The molecule has 1 fully saturated rings. The molecule has 1 saturated heterocycles. The molecule has 1 amide bonds. The SMILES string of the molecule is Cc1cccc(C)c1-n1nnnc1S[C@@H](C)C(=O)N1[C@@H](C)CCC[C@@H]1C. The number of carbonyl (C=O) groups is 1. The molecule has 0 bridgehead atoms. The number of carbonyl (C=O) groups excluding carboxylic acids is 1. The molecule has 3 atom stereocenters. The summed E-state index contributed by atoms with van der Waals surface area (Å²) in [5.74, 6) is 0.172. The number of benzene rings is 1. The Morgan fingerprint density at radius 1 is 1.19 bits per heavy atom. The largest absolute Gasteiger partial charge is 0.336 e. The number of tetrazole rings is 1. The Bertz CT molecular complexity index is 760. The lowest BCUT2D eigenvalue weighted by atomic mass is 9.97. The van der Waals surface area contributed by atoms with E-state index in [1.165, 1.54) is 18.2 Å². The topological polar surface area (TPSA) is 63.9 Å². The summed E-state index contributed by atoms with van der Waals surface area (Å²) in [7, 11) is 0. The number of hydrogen-bond donors (Lipinski definition) is 0. The quantitative estimate of drug-likeness (QED) is 0.767. The first-order valence-electron chi connectivity index (χ1n) is 9.24. The number of piperidine rings is 1. The summed E-state index contributed by atoms with van der Waals surface area (Å²) >= 11 is 1.43. The fourth-order valence-electron chi connectivity index (χ4n) is 3.81. The van der Waals surface area contributed by atoms with Crippen LogP contribution in [-0.4, -0.2) is 48.3 Å². The van der Waals surface area contributed by atoms with Crippen LogP contribution in [0.4, 0.5) is 0 Å². The van der Waals surface area contributed by atoms with Crippen molar-refractivity contribution in [2.45, 2.75) is 76.4 Å². The van der Waals surface area contributed by atoms with Crippen LogP contribution in [0.2, 0.25) is 0 Å². The summed E-state index contributed by atoms with van der Waals surface area (Å²) in [5, 5.41) is 12.6. The Morgan fingerprint density at radius 3 is 2.42 bits per heavy atom. The third-order valence-corrected chi connectivity index (χ3v) is 6.19. The molecule has 140 valence electrons. The molecule has 0 radical (unpaired) electrons. The number of rotatable bonds is 4. The average molecular weight is 374 g/mol. The molecule has 0 unspecified atom stereocenters. The molecule has 2 aromatic rings. The fourth-order valence-corrected chi connectivity index (χ4v) is 4.66. The van der Waals surface area contributed by atoms with E-state index in [0.29, 0.717) is 17.2 Å². The van der Waals surface area contributed by atoms with Gasteiger partial charge in [-0.3, -0.25) is 4.79 Å². The number of thioether (sulfide) groups is 1. The minimum atomic E-state index is -0.230. The second-order valence-corrected chi connectivity index (χ2v) is 8.56. The number of hydrogen-bond acceptors (Lipinski definition) is 5. The maximum Gasteiger partial charge on any atom is 0.236 e. The lowest BCUT2D eigenvalue weighted by molar-refractivity contribution is -0.136. The van der Waals surface area contributed by atoms with Crippen molar-refractivity contribution in [1.82, 2.24) is 25.1 Å². The summed E-state index contributed by atoms with van der Waals surface area (Å²) in [6, 6.07) is 6.71. The van der Waals surface area contributed by atoms with Gasteiger partial charge >= 0.3 is 0 Å². The first kappa shape index (κ1) is 18.9. The first-order valence-corrected chi connectivity index (χ1v) is 10.1. The van der Waals surface area contributed by atoms with E-state index in [2.05, 4.69) is 29.4 Å². The van der Waals surface area contributed by atoms with E-state index < -0.39 is 0 Å². The van der Waals surface area contributed by atoms with Gasteiger partial charge < -0.3 is 4.90 Å². The van der Waals surface area contributed by atoms with E-state index in [4.69, 9.17) is 0 Å². The van der Waals surface area contributed by atoms with Crippen molar-refractivity contribution in [2.24, 2.45) is 0 Å². The van der Waals surface area contributed by atoms with Crippen LogP contribution in [0.5, 0.6) is 0 Å². The van der Waals surface area contributed by atoms with Gasteiger partial charge in [-0.15, -0.1) is 5.10 Å². The van der Waals surface area contributed by atoms with Gasteiger partial charge in [-0.25, -0.2) is 0 Å². The van der Waals surface area contributed by atoms with Gasteiger partial charge in [0, 0.05) is 12.1 Å². The Morgan fingerprint density at radius 2 is 1.81 bits per heavy atom. The molecule has 0 spiro atoms. The van der Waals surface area contributed by atoms with Crippen LogP contribution in [0, 0.1) is 13.8 Å². The highest BCUT2D eigenvalue weighted by molar-refractivity contribution is 8.00. The second-order valence-electron chi connectivity index (χ2n) is 7.25. The molecule has 0 N–H and O–H groups in total. The Hall–Kier alpha value is -1.89. The lowest BCUT2D eigenvalue weighted by Crippen LogP contribution is -2.50. The van der Waals surface area contributed by atoms with Gasteiger partial charge in [0.2, 0.25) is 11.1 Å². The minimum Gasteiger partial charge on any atom is -0.336 e. The van der Waals surface area contributed by atoms with E-state index in [1.807, 2.05) is 43.9 Å². The molecule has 6 nitrogen and oxygen atoms in total. The van der Waals surface area contributed by atoms with Crippen LogP contribution < -0.4 is 0 Å². The number of nitrogens with zero attached hydrogens (tertiary/aromatic N) is 5. The number of likely N-dealkylation sites (tertiary alicyclic amines) is 1. The fraction of sp³-hybridized carbons (Fsp3) is 0.579. The van der Waals surface area contributed by atoms with Crippen LogP contribution in [-0.2, 0) is 4.79 Å². The highest BCUT2D eigenvalue weighted by atomic mass is 32.2. The summed E-state index contributed by atoms with van der Waals surface area (Å²) in [6.07, 6.45) is 3.35. The van der Waals surface area contributed by atoms with Gasteiger partial charge in [0.1, 0.15) is 0 Å². The third kappa shape index (κ3) is 3.63. The summed E-state index contributed by atoms with van der Waals surface area (Å²) in [5.41, 5.74) is 3.20. The summed E-state index contributed by atoms with van der Waals surface area (Å²) in [6.45, 7) is 10.3. The molecule has 0 aliphatic carbocycles. The van der Waals surface area contributed by atoms with Crippen molar-refractivity contribution >= 4 is 17.7 Å². The molecule has 1 aromatic carbocycles. The zero-order valence-electron chi connectivity index (χ0n) is 16.1. The summed E-state index contributed by atoms with van der Waals surface area (Å²) < 4.78 is 1.75. The van der Waals surface area contributed by atoms with Gasteiger partial charge in [0.15, 0.2) is 0 Å². The molecular formula is C19H27N5OS. The van der Waals surface area contributed by atoms with Crippen LogP contribution >= 0.6 is 11.8 Å². The highest BCUT2D eigenvalue weighted by Gasteiger charge is 2.32. The van der Waals surface area contributed by atoms with Gasteiger partial charge in [-0.2, -0.15) is 4.68 Å². The maximum absolute atomic E-state index is 13.1. The van der Waals surface area contributed by atoms with Crippen molar-refractivity contribution < 1.29 is 4.79 Å². The molecule has 3 rings (SSSR count). The molecule has 1 aliphatic rings. The average Bonchev–Trinajstić information content (AvgIpc) is 3.02. The van der Waals surface area contributed by atoms with Crippen LogP contribution in [0.1, 0.15) is 51.2 Å². The second kappa shape index (κ2) is 7.78. The predicted molar refractivity (Wildman–Crippen MR) is 104 cm³/mol. The van der Waals surface area contributed by atoms with Gasteiger partial charge in [0.05, 0.1) is 10.9 Å². The zero-order valence-corrected chi connectivity index (χ0v) is 17.0. The van der Waals surface area contributed by atoms with E-state index >= 15 is 0 Å². The van der Waals surface area contributed by atoms with Gasteiger partial charge in [-0.1, -0.05) is 30.0 Å². The van der Waals surface area contributed by atoms with E-state index in [9.17, 15) is 4.79 Å². The minimum absolute atomic E-state index is 0.172. The van der Waals surface area contributed by atoms with Crippen molar-refractivity contribution in [3.63, 3.8) is 0 Å². The number of aromatic nitrogens is 4. The Kier molecular flexibility index (Phi) is 5.65. The van der Waals surface area contributed by atoms with Gasteiger partial charge in [-0.05, 0) is 75.4 Å². The van der Waals surface area contributed by atoms with E-state index in [0.717, 1.165) is 29.7 Å².